The summed E-state index contributed by atoms with van der Waals surface area (Å²) in [7, 11) is -3.54. The van der Waals surface area contributed by atoms with Crippen LogP contribution in [0.25, 0.3) is 0 Å². The smallest absolute Gasteiger partial charge is 0.271 e. The highest BCUT2D eigenvalue weighted by Crippen LogP contribution is 2.24. The first-order valence-electron chi connectivity index (χ1n) is 5.72. The van der Waals surface area contributed by atoms with Gasteiger partial charge in [0, 0.05) is 16.1 Å². The summed E-state index contributed by atoms with van der Waals surface area (Å²) in [5, 5.41) is 0. The van der Waals surface area contributed by atoms with Crippen molar-refractivity contribution < 1.29 is 13.2 Å². The third-order valence-electron chi connectivity index (χ3n) is 2.55. The van der Waals surface area contributed by atoms with Crippen LogP contribution in [0.1, 0.15) is 22.2 Å². The van der Waals surface area contributed by atoms with Gasteiger partial charge < -0.3 is 0 Å². The minimum Gasteiger partial charge on any atom is -0.298 e. The second-order valence-corrected chi connectivity index (χ2v) is 7.00. The molecule has 6 heteroatoms. The van der Waals surface area contributed by atoms with Gasteiger partial charge in [0.1, 0.15) is 10.5 Å². The molecule has 0 unspecified atom stereocenters. The number of carbonyl (C=O) groups is 1. The molecule has 0 bridgehead atoms. The van der Waals surface area contributed by atoms with Crippen molar-refractivity contribution in [2.24, 2.45) is 0 Å². The van der Waals surface area contributed by atoms with Crippen LogP contribution in [0.15, 0.2) is 40.6 Å². The zero-order chi connectivity index (χ0) is 13.9. The fourth-order valence-electron chi connectivity index (χ4n) is 1.53. The Morgan fingerprint density at radius 1 is 1.16 bits per heavy atom. The van der Waals surface area contributed by atoms with E-state index in [2.05, 4.69) is 4.72 Å². The van der Waals surface area contributed by atoms with Gasteiger partial charge in [-0.2, -0.15) is 0 Å². The van der Waals surface area contributed by atoms with Gasteiger partial charge >= 0.3 is 0 Å². The number of anilines is 1. The lowest BCUT2D eigenvalue weighted by Crippen LogP contribution is -2.11. The van der Waals surface area contributed by atoms with Gasteiger partial charge in [-0.1, -0.05) is 6.92 Å². The van der Waals surface area contributed by atoms with Gasteiger partial charge in [-0.25, -0.2) is 8.42 Å². The number of carbonyl (C=O) groups excluding carboxylic acids is 1. The Morgan fingerprint density at radius 3 is 2.37 bits per heavy atom. The molecule has 0 aliphatic heterocycles. The topological polar surface area (TPSA) is 63.2 Å². The molecule has 0 radical (unpaired) electrons. The van der Waals surface area contributed by atoms with Gasteiger partial charge in [-0.3, -0.25) is 9.52 Å². The molecular weight excluding hydrogens is 282 g/mol. The van der Waals surface area contributed by atoms with Gasteiger partial charge in [0.05, 0.1) is 0 Å². The number of rotatable bonds is 5. The molecule has 1 aromatic carbocycles. The van der Waals surface area contributed by atoms with E-state index in [-0.39, 0.29) is 0 Å². The number of hydrogen-bond acceptors (Lipinski definition) is 4. The van der Waals surface area contributed by atoms with Crippen LogP contribution < -0.4 is 4.72 Å². The van der Waals surface area contributed by atoms with E-state index < -0.39 is 10.0 Å². The first kappa shape index (κ1) is 13.8. The van der Waals surface area contributed by atoms with Crippen molar-refractivity contribution in [3.05, 3.63) is 46.8 Å². The number of aryl methyl sites for hydroxylation is 1. The van der Waals surface area contributed by atoms with Gasteiger partial charge in [0.2, 0.25) is 0 Å². The average Bonchev–Trinajstić information content (AvgIpc) is 2.89. The lowest BCUT2D eigenvalue weighted by molar-refractivity contribution is 0.112. The van der Waals surface area contributed by atoms with Gasteiger partial charge in [0.15, 0.2) is 0 Å². The highest BCUT2D eigenvalue weighted by molar-refractivity contribution is 7.94. The monoisotopic (exact) mass is 295 g/mol. The Labute approximate surface area is 116 Å². The van der Waals surface area contributed by atoms with E-state index in [0.29, 0.717) is 21.7 Å². The molecule has 0 saturated heterocycles. The largest absolute Gasteiger partial charge is 0.298 e. The lowest BCUT2D eigenvalue weighted by atomic mass is 10.2. The molecule has 0 amide bonds. The lowest BCUT2D eigenvalue weighted by Gasteiger charge is -2.05. The van der Waals surface area contributed by atoms with E-state index in [1.807, 2.05) is 13.0 Å². The number of benzene rings is 1. The summed E-state index contributed by atoms with van der Waals surface area (Å²) in [4.78, 5) is 11.5. The Balaban J connectivity index is 2.22. The highest BCUT2D eigenvalue weighted by atomic mass is 32.2. The molecule has 2 rings (SSSR count). The average molecular weight is 295 g/mol. The molecule has 0 saturated carbocycles. The Hall–Kier alpha value is -1.66. The first-order valence-corrected chi connectivity index (χ1v) is 8.02. The molecule has 4 nitrogen and oxygen atoms in total. The maximum atomic E-state index is 12.1. The molecule has 2 aromatic rings. The molecule has 100 valence electrons. The van der Waals surface area contributed by atoms with Gasteiger partial charge in [-0.05, 0) is 42.8 Å². The van der Waals surface area contributed by atoms with Gasteiger partial charge in [0.25, 0.3) is 10.0 Å². The maximum absolute atomic E-state index is 12.1. The van der Waals surface area contributed by atoms with Crippen LogP contribution in [0.3, 0.4) is 0 Å². The molecule has 0 fully saturated rings. The number of aldehydes is 1. The van der Waals surface area contributed by atoms with Crippen LogP contribution in [-0.2, 0) is 16.4 Å². The molecule has 1 aromatic heterocycles. The standard InChI is InChI=1S/C13H13NO3S2/c1-2-12-7-8-13(18-12)19(16,17)14-11-5-3-10(9-15)4-6-11/h3-9,14H,2H2,1H3. The minimum absolute atomic E-state index is 0.295. The summed E-state index contributed by atoms with van der Waals surface area (Å²) >= 11 is 1.26. The molecule has 0 aliphatic rings. The minimum atomic E-state index is -3.54. The summed E-state index contributed by atoms with van der Waals surface area (Å²) in [5.74, 6) is 0. The Bertz CT molecular complexity index is 672. The normalized spacial score (nSPS) is 11.2. The third kappa shape index (κ3) is 3.21. The van der Waals surface area contributed by atoms with E-state index >= 15 is 0 Å². The van der Waals surface area contributed by atoms with E-state index in [4.69, 9.17) is 0 Å². The van der Waals surface area contributed by atoms with E-state index in [9.17, 15) is 13.2 Å². The highest BCUT2D eigenvalue weighted by Gasteiger charge is 2.16. The van der Waals surface area contributed by atoms with Crippen molar-refractivity contribution in [2.75, 3.05) is 4.72 Å². The van der Waals surface area contributed by atoms with Crippen molar-refractivity contribution in [2.45, 2.75) is 17.6 Å². The van der Waals surface area contributed by atoms with Crippen molar-refractivity contribution >= 4 is 33.3 Å². The number of thiophene rings is 1. The van der Waals surface area contributed by atoms with E-state index in [0.717, 1.165) is 11.3 Å². The Morgan fingerprint density at radius 2 is 1.84 bits per heavy atom. The first-order chi connectivity index (χ1) is 9.05. The van der Waals surface area contributed by atoms with Crippen molar-refractivity contribution in [3.8, 4) is 0 Å². The molecule has 1 heterocycles. The fourth-order valence-corrected chi connectivity index (χ4v) is 3.88. The number of nitrogens with one attached hydrogen (secondary N) is 1. The van der Waals surface area contributed by atoms with Crippen molar-refractivity contribution in [1.82, 2.24) is 0 Å². The fraction of sp³-hybridized carbons (Fsp3) is 0.154. The molecule has 19 heavy (non-hydrogen) atoms. The molecule has 1 N–H and O–H groups in total. The van der Waals surface area contributed by atoms with Crippen LogP contribution >= 0.6 is 11.3 Å². The van der Waals surface area contributed by atoms with Crippen molar-refractivity contribution in [1.29, 1.82) is 0 Å². The van der Waals surface area contributed by atoms with Crippen LogP contribution in [-0.4, -0.2) is 14.7 Å². The molecule has 0 aliphatic carbocycles. The summed E-state index contributed by atoms with van der Waals surface area (Å²) in [6, 6.07) is 9.68. The number of hydrogen-bond donors (Lipinski definition) is 1. The molecular formula is C13H13NO3S2. The maximum Gasteiger partial charge on any atom is 0.271 e. The summed E-state index contributed by atoms with van der Waals surface area (Å²) in [5.41, 5.74) is 0.949. The second-order valence-electron chi connectivity index (χ2n) is 3.92. The second kappa shape index (κ2) is 5.54. The van der Waals surface area contributed by atoms with E-state index in [1.165, 1.54) is 11.3 Å². The summed E-state index contributed by atoms with van der Waals surface area (Å²) < 4.78 is 27.0. The zero-order valence-electron chi connectivity index (χ0n) is 10.3. The van der Waals surface area contributed by atoms with Crippen LogP contribution in [0.5, 0.6) is 0 Å². The van der Waals surface area contributed by atoms with E-state index in [1.54, 1.807) is 30.3 Å². The Kier molecular flexibility index (Phi) is 4.01. The number of sulfonamides is 1. The van der Waals surface area contributed by atoms with Gasteiger partial charge in [-0.15, -0.1) is 11.3 Å². The SMILES string of the molecule is CCc1ccc(S(=O)(=O)Nc2ccc(C=O)cc2)s1. The van der Waals surface area contributed by atoms with Crippen molar-refractivity contribution in [3.63, 3.8) is 0 Å². The third-order valence-corrected chi connectivity index (χ3v) is 5.65. The van der Waals surface area contributed by atoms with Crippen LogP contribution in [0.4, 0.5) is 5.69 Å². The predicted molar refractivity (Wildman–Crippen MR) is 76.3 cm³/mol. The molecule has 0 spiro atoms. The summed E-state index contributed by atoms with van der Waals surface area (Å²) in [6.45, 7) is 1.98. The molecule has 0 atom stereocenters. The zero-order valence-corrected chi connectivity index (χ0v) is 11.9. The van der Waals surface area contributed by atoms with Crippen LogP contribution in [0, 0.1) is 0 Å². The summed E-state index contributed by atoms with van der Waals surface area (Å²) in [6.07, 6.45) is 1.53. The van der Waals surface area contributed by atoms with Crippen LogP contribution in [0.2, 0.25) is 0 Å². The quantitative estimate of drug-likeness (QED) is 0.863. The predicted octanol–water partition coefficient (Wildman–Crippen LogP) is 2.92.